The van der Waals surface area contributed by atoms with Crippen LogP contribution in [-0.4, -0.2) is 0 Å². The van der Waals surface area contributed by atoms with Crippen molar-refractivity contribution in [3.05, 3.63) is 0 Å². The minimum atomic E-state index is 0.719. The first kappa shape index (κ1) is 94.9. The van der Waals surface area contributed by atoms with Crippen LogP contribution in [0.3, 0.4) is 0 Å². The predicted molar refractivity (Wildman–Crippen MR) is 541 cm³/mol. The molecule has 0 aromatic heterocycles. The molecule has 720 valence electrons. The van der Waals surface area contributed by atoms with Crippen molar-refractivity contribution in [2.45, 2.75) is 548 Å². The van der Waals surface area contributed by atoms with Crippen LogP contribution in [0.5, 0.6) is 0 Å². The van der Waals surface area contributed by atoms with Gasteiger partial charge in [0.25, 0.3) is 0 Å². The molecule has 0 heterocycles. The highest BCUT2D eigenvalue weighted by molar-refractivity contribution is 5.16. The van der Waals surface area contributed by atoms with Crippen LogP contribution >= 0.6 is 0 Å². The van der Waals surface area contributed by atoms with Crippen LogP contribution in [0.4, 0.5) is 0 Å². The summed E-state index contributed by atoms with van der Waals surface area (Å²) in [7, 11) is 0. The van der Waals surface area contributed by atoms with E-state index in [1.165, 1.54) is 116 Å². The Morgan fingerprint density at radius 2 is 0.365 bits per heavy atom. The van der Waals surface area contributed by atoms with Gasteiger partial charge in [0.05, 0.1) is 0 Å². The Morgan fingerprint density at radius 3 is 0.571 bits per heavy atom. The SMILES string of the molecule is CCC[C@@H]1CC[C@@]2(C)[C@@H](CC[C@H]3[C@@H]4CCC[C@@]4(C)CC[C@@H]32)C1.CCC[C@H]1CC[C@@]2(C)[C@@H](CC[C@H]3[C@@H]4CCC[C@@]4(C)CC[C@@H]32)C1.CC[C@@H]1CC[C@@]2(C)[C@@H](CC[C@H]3[C@@H]4CCC[C@@]4(C)CC[C@@H]32)C1.CC[C@H]1CC[C@@]2(C)[C@@H](CC[C@H]3[C@@H]4CCC[C@@]4(C)CC[C@@H]32)C1.C[C@@H]1CC[C@@]2(C)[C@@H](CC[C@H]3[C@@H]4CCC[C@@]4(C)CC[C@@H]32)C1.C[C@H]1CC[C@@]2(C)[C@@H](CC[C@H]3[C@@H]4CCC[C@@]4(C)CC[C@@H]32)C1. The molecule has 0 nitrogen and oxygen atoms in total. The maximum Gasteiger partial charge on any atom is -0.0266 e. The Hall–Kier alpha value is 0. The van der Waals surface area contributed by atoms with Gasteiger partial charge in [0.2, 0.25) is 0 Å². The molecule has 0 spiro atoms. The lowest BCUT2D eigenvalue weighted by Gasteiger charge is -2.60. The third kappa shape index (κ3) is 16.8. The lowest BCUT2D eigenvalue weighted by molar-refractivity contribution is -0.111. The van der Waals surface area contributed by atoms with Gasteiger partial charge in [-0.3, -0.25) is 0 Å². The van der Waals surface area contributed by atoms with Gasteiger partial charge in [-0.15, -0.1) is 0 Å². The van der Waals surface area contributed by atoms with Gasteiger partial charge in [0.1, 0.15) is 0 Å². The Bertz CT molecular complexity index is 3340. The van der Waals surface area contributed by atoms with Crippen molar-refractivity contribution in [3.63, 3.8) is 0 Å². The zero-order valence-electron chi connectivity index (χ0n) is 88.0. The second kappa shape index (κ2) is 37.0. The van der Waals surface area contributed by atoms with Crippen LogP contribution in [0.2, 0.25) is 0 Å². The van der Waals surface area contributed by atoms with E-state index in [1.54, 1.807) is 308 Å². The van der Waals surface area contributed by atoms with Crippen molar-refractivity contribution >= 4 is 0 Å². The highest BCUT2D eigenvalue weighted by Crippen LogP contribution is 2.75. The summed E-state index contributed by atoms with van der Waals surface area (Å²) >= 11 is 0. The molecule has 42 atom stereocenters. The van der Waals surface area contributed by atoms with Crippen molar-refractivity contribution in [2.24, 2.45) is 243 Å². The lowest BCUT2D eigenvalue weighted by atomic mass is 9.44. The molecular weight excluding hydrogens is 1510 g/mol. The molecule has 0 aromatic rings. The van der Waals surface area contributed by atoms with Crippen molar-refractivity contribution in [1.82, 2.24) is 0 Å². The predicted octanol–water partition coefficient (Wildman–Crippen LogP) is 38.7. The molecular formula is C126H216. The first-order valence-electron chi connectivity index (χ1n) is 60.3. The third-order valence-electron chi connectivity index (χ3n) is 54.2. The molecule has 0 aliphatic heterocycles. The lowest BCUT2D eigenvalue weighted by Crippen LogP contribution is -2.52. The van der Waals surface area contributed by atoms with Crippen molar-refractivity contribution in [3.8, 4) is 0 Å². The van der Waals surface area contributed by atoms with Crippen molar-refractivity contribution in [2.75, 3.05) is 0 Å². The molecule has 24 aliphatic rings. The minimum absolute atomic E-state index is 0.719. The van der Waals surface area contributed by atoms with Crippen LogP contribution in [0, 0.1) is 243 Å². The summed E-state index contributed by atoms with van der Waals surface area (Å²) in [6, 6.07) is 0. The van der Waals surface area contributed by atoms with E-state index >= 15 is 0 Å². The Balaban J connectivity index is 0.0000000988. The summed E-state index contributed by atoms with van der Waals surface area (Å²) in [6.45, 7) is 46.8. The fraction of sp³-hybridized carbons (Fsp3) is 1.00. The van der Waals surface area contributed by atoms with E-state index in [0.29, 0.717) is 0 Å². The minimum Gasteiger partial charge on any atom is -0.0654 e. The van der Waals surface area contributed by atoms with Crippen LogP contribution in [0.1, 0.15) is 548 Å². The molecule has 0 N–H and O–H groups in total. The zero-order valence-corrected chi connectivity index (χ0v) is 88.0. The van der Waals surface area contributed by atoms with Gasteiger partial charge < -0.3 is 0 Å². The van der Waals surface area contributed by atoms with Crippen molar-refractivity contribution in [1.29, 1.82) is 0 Å². The molecule has 0 heteroatoms. The average Bonchev–Trinajstić information content (AvgIpc) is 1.29. The summed E-state index contributed by atoms with van der Waals surface area (Å²) in [4.78, 5) is 0. The second-order valence-corrected chi connectivity index (χ2v) is 59.2. The molecule has 0 radical (unpaired) electrons. The molecule has 126 heavy (non-hydrogen) atoms. The van der Waals surface area contributed by atoms with Crippen LogP contribution in [-0.2, 0) is 0 Å². The topological polar surface area (TPSA) is 0 Å². The monoisotopic (exact) mass is 1730 g/mol. The van der Waals surface area contributed by atoms with Crippen LogP contribution < -0.4 is 0 Å². The van der Waals surface area contributed by atoms with E-state index in [1.807, 2.05) is 0 Å². The number of rotatable bonds is 6. The maximum absolute atomic E-state index is 2.73. The van der Waals surface area contributed by atoms with Crippen LogP contribution in [0.15, 0.2) is 0 Å². The van der Waals surface area contributed by atoms with E-state index in [-0.39, 0.29) is 0 Å². The van der Waals surface area contributed by atoms with E-state index in [0.717, 1.165) is 243 Å². The molecule has 0 amide bonds. The van der Waals surface area contributed by atoms with Gasteiger partial charge in [-0.25, -0.2) is 0 Å². The van der Waals surface area contributed by atoms with Gasteiger partial charge in [-0.05, 0) is 576 Å². The first-order chi connectivity index (χ1) is 60.3. The summed E-state index contributed by atoms with van der Waals surface area (Å²) < 4.78 is 0. The molecule has 0 aromatic carbocycles. The Kier molecular flexibility index (Phi) is 27.9. The number of fused-ring (bicyclic) bond motifs is 30. The fourth-order valence-corrected chi connectivity index (χ4v) is 46.4. The Labute approximate surface area is 785 Å². The highest BCUT2D eigenvalue weighted by Gasteiger charge is 2.66. The third-order valence-corrected chi connectivity index (χ3v) is 54.2. The smallest absolute Gasteiger partial charge is 0.0266 e. The van der Waals surface area contributed by atoms with Gasteiger partial charge in [0, 0.05) is 0 Å². The largest absolute Gasteiger partial charge is 0.0654 e. The summed E-state index contributed by atoms with van der Waals surface area (Å²) in [5, 5.41) is 0. The summed E-state index contributed by atoms with van der Waals surface area (Å²) in [5.41, 5.74) is 8.77. The van der Waals surface area contributed by atoms with Gasteiger partial charge in [-0.2, -0.15) is 0 Å². The number of hydrogen-bond donors (Lipinski definition) is 0. The highest BCUT2D eigenvalue weighted by atomic mass is 14.7. The molecule has 24 fully saturated rings. The first-order valence-corrected chi connectivity index (χ1v) is 60.3. The molecule has 0 saturated heterocycles. The van der Waals surface area contributed by atoms with E-state index in [2.05, 4.69) is 125 Å². The van der Waals surface area contributed by atoms with Gasteiger partial charge in [-0.1, -0.05) is 215 Å². The molecule has 0 unspecified atom stereocenters. The van der Waals surface area contributed by atoms with Gasteiger partial charge in [0.15, 0.2) is 0 Å². The molecule has 0 bridgehead atoms. The Morgan fingerprint density at radius 1 is 0.175 bits per heavy atom. The van der Waals surface area contributed by atoms with Crippen molar-refractivity contribution < 1.29 is 0 Å². The molecule has 24 aliphatic carbocycles. The normalized spacial score (nSPS) is 56.4. The van der Waals surface area contributed by atoms with Gasteiger partial charge >= 0.3 is 0 Å². The van der Waals surface area contributed by atoms with Crippen LogP contribution in [0.25, 0.3) is 0 Å². The quantitative estimate of drug-likeness (QED) is 0.249. The standard InChI is InChI=1S/2C22H38.2C21H36.2C20H34/c2*1-4-6-16-10-14-22(3)17(15-16)8-9-18-19-7-5-12-21(19,2)13-11-20(18)22;2*1-4-15-9-13-21(3)16(14-15)7-8-17-18-6-5-11-20(18,2)12-10-19(17)21;2*1-14-8-12-20(3)15(13-14)6-7-16-17-5-4-10-19(17,2)11-9-18(16)20/h2*16-20H,4-15H2,1-3H3;2*15-19H,4-14H2,1-3H3;2*14-18H,4-13H2,1-3H3/t16-,17+,18+,19+,20+,21+,22+;16-,17-,18-,19-,20-,21-,22-;15-,16+,17+,18+,19+,20+,21+;15-,16-,17-,18-,19-,20-,21-;14-,15+,16+,17+,18+,19+,20+;14-,15-,16-,17-,18-,19-,20-/m101010/s1. The van der Waals surface area contributed by atoms with E-state index in [9.17, 15) is 0 Å². The average molecular weight is 1730 g/mol. The second-order valence-electron chi connectivity index (χ2n) is 59.2. The molecule has 24 rings (SSSR count). The molecule has 24 saturated carbocycles. The summed E-state index contributed by atoms with van der Waals surface area (Å²) in [5.74, 6) is 32.4. The maximum atomic E-state index is 2.73. The van der Waals surface area contributed by atoms with E-state index in [4.69, 9.17) is 0 Å². The zero-order chi connectivity index (χ0) is 88.0. The number of hydrogen-bond acceptors (Lipinski definition) is 0. The van der Waals surface area contributed by atoms with E-state index < -0.39 is 0 Å². The summed E-state index contributed by atoms with van der Waals surface area (Å²) in [6.07, 6.45) is 102. The fourth-order valence-electron chi connectivity index (χ4n) is 46.4.